The molecule has 5 nitrogen and oxygen atoms in total. The number of fused-ring (bicyclic) bond motifs is 1. The van der Waals surface area contributed by atoms with Gasteiger partial charge >= 0.3 is 0 Å². The molecule has 1 fully saturated rings. The quantitative estimate of drug-likeness (QED) is 0.644. The molecule has 1 aliphatic heterocycles. The molecule has 1 aromatic heterocycles. The molecule has 28 heavy (non-hydrogen) atoms. The Morgan fingerprint density at radius 3 is 2.68 bits per heavy atom. The molecule has 2 heterocycles. The van der Waals surface area contributed by atoms with Crippen LogP contribution in [0.2, 0.25) is 5.02 Å². The van der Waals surface area contributed by atoms with Crippen molar-refractivity contribution in [2.45, 2.75) is 17.7 Å². The molecule has 1 aliphatic rings. The van der Waals surface area contributed by atoms with Crippen molar-refractivity contribution in [3.63, 3.8) is 0 Å². The van der Waals surface area contributed by atoms with E-state index in [0.717, 1.165) is 48.7 Å². The van der Waals surface area contributed by atoms with E-state index in [1.807, 2.05) is 18.2 Å². The highest BCUT2D eigenvalue weighted by Crippen LogP contribution is 2.31. The molecule has 0 unspecified atom stereocenters. The standard InChI is InChI=1S/C19H19ClFN3O2S2/c20-15-11-14(5-6-16(15)21)28(25,26)22-12-13-7-9-24(10-8-13)19-23-17-3-1-2-4-18(17)27-19/h1-6,11,13,22H,7-10,12H2. The van der Waals surface area contributed by atoms with Gasteiger partial charge in [0.15, 0.2) is 5.13 Å². The van der Waals surface area contributed by atoms with Crippen molar-refractivity contribution >= 4 is 48.3 Å². The summed E-state index contributed by atoms with van der Waals surface area (Å²) in [6.07, 6.45) is 1.76. The summed E-state index contributed by atoms with van der Waals surface area (Å²) < 4.78 is 41.9. The van der Waals surface area contributed by atoms with E-state index in [-0.39, 0.29) is 15.8 Å². The van der Waals surface area contributed by atoms with E-state index in [1.54, 1.807) is 11.3 Å². The third-order valence-electron chi connectivity index (χ3n) is 4.93. The maximum atomic E-state index is 13.3. The molecule has 1 saturated heterocycles. The van der Waals surface area contributed by atoms with Crippen LogP contribution in [-0.2, 0) is 10.0 Å². The summed E-state index contributed by atoms with van der Waals surface area (Å²) in [6, 6.07) is 11.5. The van der Waals surface area contributed by atoms with Crippen LogP contribution in [0.3, 0.4) is 0 Å². The molecule has 3 aromatic rings. The molecule has 0 atom stereocenters. The summed E-state index contributed by atoms with van der Waals surface area (Å²) >= 11 is 7.38. The number of nitrogens with one attached hydrogen (secondary N) is 1. The molecule has 2 aromatic carbocycles. The lowest BCUT2D eigenvalue weighted by molar-refractivity contribution is 0.402. The molecule has 148 valence electrons. The highest BCUT2D eigenvalue weighted by atomic mass is 35.5. The number of nitrogens with zero attached hydrogens (tertiary/aromatic N) is 2. The average Bonchev–Trinajstić information content (AvgIpc) is 3.13. The van der Waals surface area contributed by atoms with Crippen LogP contribution in [0, 0.1) is 11.7 Å². The lowest BCUT2D eigenvalue weighted by Crippen LogP contribution is -2.38. The molecular weight excluding hydrogens is 421 g/mol. The molecule has 4 rings (SSSR count). The minimum atomic E-state index is -3.71. The van der Waals surface area contributed by atoms with Gasteiger partial charge in [-0.15, -0.1) is 0 Å². The molecule has 0 saturated carbocycles. The minimum absolute atomic E-state index is 0.0224. The van der Waals surface area contributed by atoms with E-state index >= 15 is 0 Å². The third-order valence-corrected chi connectivity index (χ3v) is 7.74. The second-order valence-corrected chi connectivity index (χ2v) is 10.0. The fraction of sp³-hybridized carbons (Fsp3) is 0.316. The van der Waals surface area contributed by atoms with Crippen LogP contribution in [0.1, 0.15) is 12.8 Å². The lowest BCUT2D eigenvalue weighted by Gasteiger charge is -2.31. The van der Waals surface area contributed by atoms with Gasteiger partial charge in [-0.25, -0.2) is 22.5 Å². The normalized spacial score (nSPS) is 16.0. The SMILES string of the molecule is O=S(=O)(NCC1CCN(c2nc3ccccc3s2)CC1)c1ccc(F)c(Cl)c1. The van der Waals surface area contributed by atoms with E-state index in [0.29, 0.717) is 6.54 Å². The maximum Gasteiger partial charge on any atom is 0.240 e. The molecule has 0 radical (unpaired) electrons. The zero-order valence-corrected chi connectivity index (χ0v) is 17.3. The highest BCUT2D eigenvalue weighted by Gasteiger charge is 2.24. The fourth-order valence-electron chi connectivity index (χ4n) is 3.28. The van der Waals surface area contributed by atoms with E-state index in [2.05, 4.69) is 15.7 Å². The Kier molecular flexibility index (Phi) is 5.55. The third kappa shape index (κ3) is 4.15. The number of sulfonamides is 1. The summed E-state index contributed by atoms with van der Waals surface area (Å²) in [5, 5.41) is 0.813. The molecular formula is C19H19ClFN3O2S2. The topological polar surface area (TPSA) is 62.3 Å². The van der Waals surface area contributed by atoms with Gasteiger partial charge in [-0.2, -0.15) is 0 Å². The van der Waals surface area contributed by atoms with E-state index in [4.69, 9.17) is 16.6 Å². The number of hydrogen-bond acceptors (Lipinski definition) is 5. The van der Waals surface area contributed by atoms with Crippen molar-refractivity contribution in [3.8, 4) is 0 Å². The summed E-state index contributed by atoms with van der Waals surface area (Å²) in [5.74, 6) is -0.390. The largest absolute Gasteiger partial charge is 0.348 e. The van der Waals surface area contributed by atoms with Crippen LogP contribution >= 0.6 is 22.9 Å². The van der Waals surface area contributed by atoms with Gasteiger partial charge in [0.1, 0.15) is 5.82 Å². The van der Waals surface area contributed by atoms with Gasteiger partial charge in [0.25, 0.3) is 0 Å². The van der Waals surface area contributed by atoms with Gasteiger partial charge in [-0.1, -0.05) is 35.1 Å². The molecule has 0 bridgehead atoms. The van der Waals surface area contributed by atoms with Gasteiger partial charge in [-0.3, -0.25) is 0 Å². The van der Waals surface area contributed by atoms with Crippen molar-refractivity contribution in [1.82, 2.24) is 9.71 Å². The van der Waals surface area contributed by atoms with Gasteiger partial charge in [0.05, 0.1) is 20.1 Å². The summed E-state index contributed by atoms with van der Waals surface area (Å²) in [4.78, 5) is 6.93. The first-order chi connectivity index (χ1) is 13.4. The number of thiazole rings is 1. The average molecular weight is 440 g/mol. The summed E-state index contributed by atoms with van der Waals surface area (Å²) in [5.41, 5.74) is 1.01. The number of aromatic nitrogens is 1. The van der Waals surface area contributed by atoms with E-state index < -0.39 is 15.8 Å². The molecule has 9 heteroatoms. The second-order valence-electron chi connectivity index (χ2n) is 6.82. The Morgan fingerprint density at radius 1 is 1.21 bits per heavy atom. The zero-order valence-electron chi connectivity index (χ0n) is 14.9. The Balaban J connectivity index is 1.34. The van der Waals surface area contributed by atoms with Gasteiger partial charge < -0.3 is 4.90 Å². The molecule has 1 N–H and O–H groups in total. The highest BCUT2D eigenvalue weighted by molar-refractivity contribution is 7.89. The van der Waals surface area contributed by atoms with Crippen molar-refractivity contribution in [1.29, 1.82) is 0 Å². The smallest absolute Gasteiger partial charge is 0.240 e. The van der Waals surface area contributed by atoms with Crippen LogP contribution in [0.5, 0.6) is 0 Å². The van der Waals surface area contributed by atoms with Crippen LogP contribution in [-0.4, -0.2) is 33.0 Å². The Hall–Kier alpha value is -1.74. The zero-order chi connectivity index (χ0) is 19.7. The van der Waals surface area contributed by atoms with Crippen molar-refractivity contribution < 1.29 is 12.8 Å². The van der Waals surface area contributed by atoms with E-state index in [9.17, 15) is 12.8 Å². The van der Waals surface area contributed by atoms with Gasteiger partial charge in [-0.05, 0) is 49.1 Å². The van der Waals surface area contributed by atoms with Crippen LogP contribution in [0.15, 0.2) is 47.4 Å². The van der Waals surface area contributed by atoms with Gasteiger partial charge in [0.2, 0.25) is 10.0 Å². The molecule has 0 amide bonds. The van der Waals surface area contributed by atoms with Crippen LogP contribution in [0.25, 0.3) is 10.2 Å². The van der Waals surface area contributed by atoms with Gasteiger partial charge in [0, 0.05) is 19.6 Å². The summed E-state index contributed by atoms with van der Waals surface area (Å²) in [6.45, 7) is 2.04. The number of anilines is 1. The maximum absolute atomic E-state index is 13.3. The Labute approximate surface area is 172 Å². The van der Waals surface area contributed by atoms with Crippen LogP contribution in [0.4, 0.5) is 9.52 Å². The second kappa shape index (κ2) is 7.94. The van der Waals surface area contributed by atoms with Crippen LogP contribution < -0.4 is 9.62 Å². The minimum Gasteiger partial charge on any atom is -0.348 e. The number of rotatable bonds is 5. The Bertz CT molecular complexity index is 1060. The number of para-hydroxylation sites is 1. The predicted octanol–water partition coefficient (Wildman–Crippen LogP) is 4.28. The number of hydrogen-bond donors (Lipinski definition) is 1. The van der Waals surface area contributed by atoms with E-state index in [1.165, 1.54) is 10.8 Å². The number of halogens is 2. The fourth-order valence-corrected chi connectivity index (χ4v) is 5.68. The molecule has 0 spiro atoms. The lowest BCUT2D eigenvalue weighted by atomic mass is 9.97. The number of piperidine rings is 1. The molecule has 0 aliphatic carbocycles. The van der Waals surface area contributed by atoms with Crippen molar-refractivity contribution in [3.05, 3.63) is 53.3 Å². The first-order valence-electron chi connectivity index (χ1n) is 8.97. The summed E-state index contributed by atoms with van der Waals surface area (Å²) in [7, 11) is -3.71. The predicted molar refractivity (Wildman–Crippen MR) is 111 cm³/mol. The van der Waals surface area contributed by atoms with Crippen molar-refractivity contribution in [2.24, 2.45) is 5.92 Å². The first kappa shape index (κ1) is 19.6. The van der Waals surface area contributed by atoms with Crippen molar-refractivity contribution in [2.75, 3.05) is 24.5 Å². The first-order valence-corrected chi connectivity index (χ1v) is 11.7. The monoisotopic (exact) mass is 439 g/mol. The Morgan fingerprint density at radius 2 is 1.96 bits per heavy atom. The number of benzene rings is 2.